The maximum Gasteiger partial charge on any atom is 0.141 e. The van der Waals surface area contributed by atoms with Crippen molar-refractivity contribution in [3.05, 3.63) is 58.1 Å². The van der Waals surface area contributed by atoms with E-state index in [4.69, 9.17) is 4.74 Å². The van der Waals surface area contributed by atoms with E-state index in [9.17, 15) is 4.39 Å². The van der Waals surface area contributed by atoms with Gasteiger partial charge < -0.3 is 10.1 Å². The van der Waals surface area contributed by atoms with E-state index in [-0.39, 0.29) is 5.82 Å². The first-order valence-electron chi connectivity index (χ1n) is 6.96. The number of hydrogen-bond donors (Lipinski definition) is 1. The third-order valence-electron chi connectivity index (χ3n) is 3.34. The summed E-state index contributed by atoms with van der Waals surface area (Å²) in [7, 11) is 0. The van der Waals surface area contributed by atoms with Crippen LogP contribution in [-0.2, 0) is 13.2 Å². The van der Waals surface area contributed by atoms with Crippen LogP contribution in [0.1, 0.15) is 24.1 Å². The quantitative estimate of drug-likeness (QED) is 0.859. The lowest BCUT2D eigenvalue weighted by Crippen LogP contribution is -2.15. The van der Waals surface area contributed by atoms with E-state index >= 15 is 0 Å². The minimum absolute atomic E-state index is 0.331. The lowest BCUT2D eigenvalue weighted by atomic mass is 10.2. The van der Waals surface area contributed by atoms with Crippen molar-refractivity contribution in [3.8, 4) is 5.75 Å². The summed E-state index contributed by atoms with van der Waals surface area (Å²) in [6, 6.07) is 9.40. The van der Waals surface area contributed by atoms with Gasteiger partial charge >= 0.3 is 0 Å². The molecule has 0 radical (unpaired) electrons. The zero-order valence-corrected chi connectivity index (χ0v) is 13.1. The van der Waals surface area contributed by atoms with Crippen molar-refractivity contribution in [2.75, 3.05) is 0 Å². The Balaban J connectivity index is 1.53. The Labute approximate surface area is 131 Å². The summed E-state index contributed by atoms with van der Waals surface area (Å²) >= 11 is 3.11. The average molecular weight is 351 g/mol. The number of aromatic nitrogens is 1. The molecule has 21 heavy (non-hydrogen) atoms. The number of hydrogen-bond acceptors (Lipinski definition) is 3. The van der Waals surface area contributed by atoms with Crippen molar-refractivity contribution >= 4 is 15.9 Å². The molecule has 0 amide bonds. The van der Waals surface area contributed by atoms with Gasteiger partial charge in [-0.15, -0.1) is 0 Å². The molecule has 0 aliphatic heterocycles. The fourth-order valence-corrected chi connectivity index (χ4v) is 2.17. The van der Waals surface area contributed by atoms with E-state index in [0.717, 1.165) is 12.2 Å². The van der Waals surface area contributed by atoms with E-state index < -0.39 is 0 Å². The Morgan fingerprint density at radius 3 is 2.81 bits per heavy atom. The van der Waals surface area contributed by atoms with E-state index in [1.165, 1.54) is 24.5 Å². The van der Waals surface area contributed by atoms with Crippen molar-refractivity contribution in [3.63, 3.8) is 0 Å². The summed E-state index contributed by atoms with van der Waals surface area (Å²) in [4.78, 5) is 4.36. The smallest absolute Gasteiger partial charge is 0.141 e. The third-order valence-corrected chi connectivity index (χ3v) is 3.98. The first kappa shape index (κ1) is 14.5. The molecule has 3 nitrogen and oxygen atoms in total. The summed E-state index contributed by atoms with van der Waals surface area (Å²) in [5.74, 6) is 0.166. The second-order valence-electron chi connectivity index (χ2n) is 5.18. The number of ether oxygens (including phenoxy) is 1. The average Bonchev–Trinajstić information content (AvgIpc) is 3.32. The van der Waals surface area contributed by atoms with Crippen molar-refractivity contribution in [1.29, 1.82) is 0 Å². The molecule has 1 N–H and O–H groups in total. The molecule has 5 heteroatoms. The van der Waals surface area contributed by atoms with Gasteiger partial charge in [0, 0.05) is 24.8 Å². The minimum Gasteiger partial charge on any atom is -0.487 e. The maximum atomic E-state index is 13.4. The van der Waals surface area contributed by atoms with Gasteiger partial charge in [-0.3, -0.25) is 4.98 Å². The van der Waals surface area contributed by atoms with Gasteiger partial charge in [0.2, 0.25) is 0 Å². The molecule has 1 heterocycles. The molecular weight excluding hydrogens is 335 g/mol. The van der Waals surface area contributed by atoms with E-state index in [1.807, 2.05) is 18.3 Å². The van der Waals surface area contributed by atoms with Gasteiger partial charge in [-0.2, -0.15) is 0 Å². The zero-order valence-electron chi connectivity index (χ0n) is 11.5. The molecule has 1 fully saturated rings. The number of rotatable bonds is 6. The summed E-state index contributed by atoms with van der Waals surface area (Å²) in [5, 5.41) is 3.44. The van der Waals surface area contributed by atoms with Crippen molar-refractivity contribution < 1.29 is 9.13 Å². The van der Waals surface area contributed by atoms with Crippen LogP contribution in [0, 0.1) is 5.82 Å². The topological polar surface area (TPSA) is 34.1 Å². The molecule has 1 aliphatic carbocycles. The fraction of sp³-hybridized carbons (Fsp3) is 0.312. The Morgan fingerprint density at radius 2 is 2.14 bits per heavy atom. The standard InChI is InChI=1S/C16H16BrFN2O/c17-15-6-5-14(7-16(15)18)21-10-13-2-1-11(9-20-13)8-19-12-3-4-12/h1-2,5-7,9,12,19H,3-4,8,10H2. The molecule has 110 valence electrons. The fourth-order valence-electron chi connectivity index (χ4n) is 1.92. The van der Waals surface area contributed by atoms with Crippen LogP contribution >= 0.6 is 15.9 Å². The predicted octanol–water partition coefficient (Wildman–Crippen LogP) is 3.81. The summed E-state index contributed by atoms with van der Waals surface area (Å²) < 4.78 is 19.3. The largest absolute Gasteiger partial charge is 0.487 e. The molecule has 1 aliphatic rings. The first-order valence-corrected chi connectivity index (χ1v) is 7.75. The number of nitrogens with one attached hydrogen (secondary N) is 1. The first-order chi connectivity index (χ1) is 10.2. The Morgan fingerprint density at radius 1 is 1.29 bits per heavy atom. The van der Waals surface area contributed by atoms with Crippen LogP contribution < -0.4 is 10.1 Å². The third kappa shape index (κ3) is 4.25. The van der Waals surface area contributed by atoms with Gasteiger partial charge in [-0.05, 0) is 52.5 Å². The van der Waals surface area contributed by atoms with Crippen molar-refractivity contribution in [2.24, 2.45) is 0 Å². The lowest BCUT2D eigenvalue weighted by Gasteiger charge is -2.07. The number of halogens is 2. The Hall–Kier alpha value is -1.46. The maximum absolute atomic E-state index is 13.4. The van der Waals surface area contributed by atoms with Gasteiger partial charge in [0.15, 0.2) is 0 Å². The van der Waals surface area contributed by atoms with Gasteiger partial charge in [-0.25, -0.2) is 4.39 Å². The molecule has 0 atom stereocenters. The van der Waals surface area contributed by atoms with E-state index in [2.05, 4.69) is 26.2 Å². The van der Waals surface area contributed by atoms with Crippen LogP contribution in [0.5, 0.6) is 5.75 Å². The molecule has 1 saturated carbocycles. The number of benzene rings is 1. The summed E-state index contributed by atoms with van der Waals surface area (Å²) in [6.45, 7) is 1.19. The second-order valence-corrected chi connectivity index (χ2v) is 6.03. The van der Waals surface area contributed by atoms with Gasteiger partial charge in [-0.1, -0.05) is 6.07 Å². The highest BCUT2D eigenvalue weighted by Crippen LogP contribution is 2.21. The van der Waals surface area contributed by atoms with Crippen LogP contribution in [-0.4, -0.2) is 11.0 Å². The SMILES string of the molecule is Fc1cc(OCc2ccc(CNC3CC3)cn2)ccc1Br. The highest BCUT2D eigenvalue weighted by atomic mass is 79.9. The predicted molar refractivity (Wildman–Crippen MR) is 82.5 cm³/mol. The van der Waals surface area contributed by atoms with Crippen LogP contribution in [0.25, 0.3) is 0 Å². The van der Waals surface area contributed by atoms with Crippen LogP contribution in [0.15, 0.2) is 41.0 Å². The number of pyridine rings is 1. The van der Waals surface area contributed by atoms with Crippen LogP contribution in [0.4, 0.5) is 4.39 Å². The molecule has 0 bridgehead atoms. The molecule has 0 spiro atoms. The molecule has 0 unspecified atom stereocenters. The zero-order chi connectivity index (χ0) is 14.7. The van der Waals surface area contributed by atoms with E-state index in [1.54, 1.807) is 12.1 Å². The van der Waals surface area contributed by atoms with Gasteiger partial charge in [0.05, 0.1) is 10.2 Å². The van der Waals surface area contributed by atoms with Gasteiger partial charge in [0.25, 0.3) is 0 Å². The molecular formula is C16H16BrFN2O. The number of nitrogens with zero attached hydrogens (tertiary/aromatic N) is 1. The van der Waals surface area contributed by atoms with Gasteiger partial charge in [0.1, 0.15) is 18.2 Å². The van der Waals surface area contributed by atoms with Crippen LogP contribution in [0.2, 0.25) is 0 Å². The molecule has 2 aromatic rings. The molecule has 1 aromatic carbocycles. The summed E-state index contributed by atoms with van der Waals surface area (Å²) in [5.41, 5.74) is 1.99. The summed E-state index contributed by atoms with van der Waals surface area (Å²) in [6.07, 6.45) is 4.42. The Kier molecular flexibility index (Phi) is 4.51. The van der Waals surface area contributed by atoms with E-state index in [0.29, 0.717) is 22.9 Å². The molecule has 0 saturated heterocycles. The second kappa shape index (κ2) is 6.54. The highest BCUT2D eigenvalue weighted by Gasteiger charge is 2.19. The highest BCUT2D eigenvalue weighted by molar-refractivity contribution is 9.10. The van der Waals surface area contributed by atoms with Crippen LogP contribution in [0.3, 0.4) is 0 Å². The normalized spacial score (nSPS) is 14.2. The Bertz CT molecular complexity index is 614. The monoisotopic (exact) mass is 350 g/mol. The minimum atomic E-state index is -0.332. The molecule has 3 rings (SSSR count). The lowest BCUT2D eigenvalue weighted by molar-refractivity contribution is 0.299. The molecule has 1 aromatic heterocycles. The van der Waals surface area contributed by atoms with Crippen molar-refractivity contribution in [1.82, 2.24) is 10.3 Å². The van der Waals surface area contributed by atoms with Crippen molar-refractivity contribution in [2.45, 2.75) is 32.0 Å².